The van der Waals surface area contributed by atoms with Gasteiger partial charge in [0, 0.05) is 7.05 Å². The molecule has 0 heterocycles. The van der Waals surface area contributed by atoms with Crippen LogP contribution in [0, 0.1) is 0 Å². The highest BCUT2D eigenvalue weighted by Gasteiger charge is 2.30. The van der Waals surface area contributed by atoms with Gasteiger partial charge < -0.3 is 15.2 Å². The second-order valence-electron chi connectivity index (χ2n) is 3.97. The first-order chi connectivity index (χ1) is 9.25. The maximum Gasteiger partial charge on any atom is 0.339 e. The van der Waals surface area contributed by atoms with Crippen LogP contribution in [-0.4, -0.2) is 44.8 Å². The number of methoxy groups -OCH3 is 1. The number of carbonyl (C=O) groups is 2. The summed E-state index contributed by atoms with van der Waals surface area (Å²) in [7, 11) is -1.36. The molecule has 2 N–H and O–H groups in total. The van der Waals surface area contributed by atoms with Gasteiger partial charge in [0.25, 0.3) is 0 Å². The fourth-order valence-electron chi connectivity index (χ4n) is 1.58. The molecule has 1 atom stereocenters. The Labute approximate surface area is 116 Å². The molecule has 0 aromatic heterocycles. The fourth-order valence-corrected chi connectivity index (χ4v) is 2.93. The van der Waals surface area contributed by atoms with Gasteiger partial charge in [0.1, 0.15) is 16.6 Å². The number of benzene rings is 1. The van der Waals surface area contributed by atoms with Gasteiger partial charge in [0.2, 0.25) is 5.91 Å². The molecule has 0 saturated carbocycles. The molecule has 0 aliphatic rings. The van der Waals surface area contributed by atoms with Crippen molar-refractivity contribution in [3.63, 3.8) is 0 Å². The van der Waals surface area contributed by atoms with Crippen LogP contribution in [0.5, 0.6) is 5.75 Å². The molecule has 1 amide bonds. The number of carboxylic acids is 1. The Morgan fingerprint density at radius 2 is 1.95 bits per heavy atom. The van der Waals surface area contributed by atoms with Crippen molar-refractivity contribution in [1.82, 2.24) is 5.32 Å². The smallest absolute Gasteiger partial charge is 0.339 e. The zero-order valence-corrected chi connectivity index (χ0v) is 12.0. The van der Waals surface area contributed by atoms with E-state index in [0.717, 1.165) is 6.07 Å². The second kappa shape index (κ2) is 5.91. The molecule has 0 saturated heterocycles. The van der Waals surface area contributed by atoms with Crippen LogP contribution >= 0.6 is 0 Å². The van der Waals surface area contributed by atoms with Gasteiger partial charge in [0.15, 0.2) is 9.84 Å². The number of aromatic carboxylic acids is 1. The van der Waals surface area contributed by atoms with Crippen molar-refractivity contribution in [2.75, 3.05) is 14.2 Å². The molecule has 1 aromatic carbocycles. The molecule has 0 radical (unpaired) electrons. The summed E-state index contributed by atoms with van der Waals surface area (Å²) in [6.45, 7) is 1.23. The standard InChI is InChI=1S/C12H15NO6S/c1-7(11(14)13-2)20(17,18)8-4-5-10(19-3)9(6-8)12(15)16/h4-7H,1-3H3,(H,13,14)(H,15,16). The number of rotatable bonds is 5. The van der Waals surface area contributed by atoms with Crippen molar-refractivity contribution in [3.05, 3.63) is 23.8 Å². The van der Waals surface area contributed by atoms with Crippen molar-refractivity contribution in [3.8, 4) is 5.75 Å². The van der Waals surface area contributed by atoms with Gasteiger partial charge in [-0.15, -0.1) is 0 Å². The minimum absolute atomic E-state index is 0.0454. The Hall–Kier alpha value is -2.09. The molecule has 0 aliphatic heterocycles. The van der Waals surface area contributed by atoms with Crippen LogP contribution in [0.15, 0.2) is 23.1 Å². The molecule has 110 valence electrons. The number of sulfone groups is 1. The van der Waals surface area contributed by atoms with Crippen molar-refractivity contribution in [1.29, 1.82) is 0 Å². The Morgan fingerprint density at radius 3 is 2.40 bits per heavy atom. The van der Waals surface area contributed by atoms with Crippen molar-refractivity contribution >= 4 is 21.7 Å². The predicted octanol–water partition coefficient (Wildman–Crippen LogP) is 0.302. The molecule has 1 rings (SSSR count). The average Bonchev–Trinajstić information content (AvgIpc) is 2.44. The van der Waals surface area contributed by atoms with E-state index in [0.29, 0.717) is 0 Å². The van der Waals surface area contributed by atoms with Crippen LogP contribution in [0.1, 0.15) is 17.3 Å². The van der Waals surface area contributed by atoms with E-state index in [2.05, 4.69) is 5.32 Å². The molecule has 1 aromatic rings. The van der Waals surface area contributed by atoms with Gasteiger partial charge in [-0.1, -0.05) is 0 Å². The summed E-state index contributed by atoms with van der Waals surface area (Å²) >= 11 is 0. The second-order valence-corrected chi connectivity index (χ2v) is 6.24. The first-order valence-corrected chi connectivity index (χ1v) is 7.17. The van der Waals surface area contributed by atoms with Gasteiger partial charge in [-0.3, -0.25) is 4.79 Å². The topological polar surface area (TPSA) is 110 Å². The molecule has 0 fully saturated rings. The summed E-state index contributed by atoms with van der Waals surface area (Å²) in [5.41, 5.74) is -0.280. The van der Waals surface area contributed by atoms with Gasteiger partial charge in [-0.25, -0.2) is 13.2 Å². The first-order valence-electron chi connectivity index (χ1n) is 5.62. The quantitative estimate of drug-likeness (QED) is 0.809. The lowest BCUT2D eigenvalue weighted by molar-refractivity contribution is -0.119. The summed E-state index contributed by atoms with van der Waals surface area (Å²) in [4.78, 5) is 22.3. The van der Waals surface area contributed by atoms with Gasteiger partial charge in [-0.2, -0.15) is 0 Å². The molecule has 0 spiro atoms. The van der Waals surface area contributed by atoms with E-state index in [1.54, 1.807) is 0 Å². The van der Waals surface area contributed by atoms with E-state index in [-0.39, 0.29) is 16.2 Å². The molecular formula is C12H15NO6S. The van der Waals surface area contributed by atoms with Gasteiger partial charge in [-0.05, 0) is 25.1 Å². The third-order valence-electron chi connectivity index (χ3n) is 2.81. The highest BCUT2D eigenvalue weighted by Crippen LogP contribution is 2.24. The number of carboxylic acid groups (broad SMARTS) is 1. The predicted molar refractivity (Wildman–Crippen MR) is 70.7 cm³/mol. The zero-order chi connectivity index (χ0) is 15.5. The molecule has 0 bridgehead atoms. The fraction of sp³-hybridized carbons (Fsp3) is 0.333. The lowest BCUT2D eigenvalue weighted by Crippen LogP contribution is -2.35. The number of hydrogen-bond acceptors (Lipinski definition) is 5. The van der Waals surface area contributed by atoms with Gasteiger partial charge in [0.05, 0.1) is 12.0 Å². The minimum Gasteiger partial charge on any atom is -0.496 e. The monoisotopic (exact) mass is 301 g/mol. The van der Waals surface area contributed by atoms with Crippen LogP contribution in [0.25, 0.3) is 0 Å². The van der Waals surface area contributed by atoms with E-state index in [1.165, 1.54) is 33.2 Å². The average molecular weight is 301 g/mol. The molecule has 8 heteroatoms. The third-order valence-corrected chi connectivity index (χ3v) is 4.87. The molecule has 1 unspecified atom stereocenters. The van der Waals surface area contributed by atoms with E-state index >= 15 is 0 Å². The largest absolute Gasteiger partial charge is 0.496 e. The Balaban J connectivity index is 3.37. The lowest BCUT2D eigenvalue weighted by atomic mass is 10.2. The van der Waals surface area contributed by atoms with Crippen molar-refractivity contribution < 1.29 is 27.9 Å². The SMILES string of the molecule is CNC(=O)C(C)S(=O)(=O)c1ccc(OC)c(C(=O)O)c1. The van der Waals surface area contributed by atoms with Crippen molar-refractivity contribution in [2.24, 2.45) is 0 Å². The third kappa shape index (κ3) is 2.90. The van der Waals surface area contributed by atoms with Gasteiger partial charge >= 0.3 is 5.97 Å². The highest BCUT2D eigenvalue weighted by molar-refractivity contribution is 7.92. The normalized spacial score (nSPS) is 12.6. The maximum atomic E-state index is 12.2. The summed E-state index contributed by atoms with van der Waals surface area (Å²) in [6, 6.07) is 3.43. The minimum atomic E-state index is -3.96. The summed E-state index contributed by atoms with van der Waals surface area (Å²) < 4.78 is 29.3. The Bertz CT molecular complexity index is 637. The Morgan fingerprint density at radius 1 is 1.35 bits per heavy atom. The molecular weight excluding hydrogens is 286 g/mol. The Kier molecular flexibility index (Phi) is 4.72. The summed E-state index contributed by atoms with van der Waals surface area (Å²) in [6.07, 6.45) is 0. The summed E-state index contributed by atoms with van der Waals surface area (Å²) in [5, 5.41) is 9.95. The zero-order valence-electron chi connectivity index (χ0n) is 11.2. The molecule has 7 nitrogen and oxygen atoms in total. The number of hydrogen-bond donors (Lipinski definition) is 2. The van der Waals surface area contributed by atoms with Crippen LogP contribution in [0.3, 0.4) is 0 Å². The summed E-state index contributed by atoms with van der Waals surface area (Å²) in [5.74, 6) is -1.94. The molecule has 0 aliphatic carbocycles. The number of carbonyl (C=O) groups excluding carboxylic acids is 1. The van der Waals surface area contributed by atoms with Crippen LogP contribution in [0.2, 0.25) is 0 Å². The highest BCUT2D eigenvalue weighted by atomic mass is 32.2. The van der Waals surface area contributed by atoms with Crippen LogP contribution in [-0.2, 0) is 14.6 Å². The number of amides is 1. The van der Waals surface area contributed by atoms with Crippen LogP contribution in [0.4, 0.5) is 0 Å². The number of nitrogens with one attached hydrogen (secondary N) is 1. The molecule has 20 heavy (non-hydrogen) atoms. The maximum absolute atomic E-state index is 12.2. The van der Waals surface area contributed by atoms with E-state index in [1.807, 2.05) is 0 Å². The first kappa shape index (κ1) is 16.0. The van der Waals surface area contributed by atoms with E-state index < -0.39 is 27.0 Å². The lowest BCUT2D eigenvalue weighted by Gasteiger charge is -2.13. The van der Waals surface area contributed by atoms with Crippen LogP contribution < -0.4 is 10.1 Å². The van der Waals surface area contributed by atoms with E-state index in [9.17, 15) is 18.0 Å². The van der Waals surface area contributed by atoms with E-state index in [4.69, 9.17) is 9.84 Å². The number of ether oxygens (including phenoxy) is 1. The van der Waals surface area contributed by atoms with Crippen molar-refractivity contribution in [2.45, 2.75) is 17.1 Å².